The summed E-state index contributed by atoms with van der Waals surface area (Å²) in [5.41, 5.74) is 1.40. The zero-order chi connectivity index (χ0) is 23.8. The Balaban J connectivity index is 1.61. The first-order chi connectivity index (χ1) is 15.8. The molecule has 0 spiro atoms. The van der Waals surface area contributed by atoms with Crippen LogP contribution in [0.5, 0.6) is 0 Å². The molecule has 0 bridgehead atoms. The van der Waals surface area contributed by atoms with Gasteiger partial charge in [0, 0.05) is 23.7 Å². The Morgan fingerprint density at radius 3 is 2.67 bits per heavy atom. The molecule has 2 aliphatic heterocycles. The largest absolute Gasteiger partial charge is 0.385 e. The maximum Gasteiger partial charge on any atom is 0.252 e. The first kappa shape index (κ1) is 25.2. The molecule has 2 aliphatic rings. The minimum atomic E-state index is -0.716. The molecule has 1 aromatic carbocycles. The van der Waals surface area contributed by atoms with Crippen molar-refractivity contribution in [1.29, 1.82) is 0 Å². The monoisotopic (exact) mass is 458 g/mol. The van der Waals surface area contributed by atoms with Gasteiger partial charge in [-0.2, -0.15) is 0 Å². The molecule has 2 fully saturated rings. The lowest BCUT2D eigenvalue weighted by Gasteiger charge is -2.30. The predicted octanol–water partition coefficient (Wildman–Crippen LogP) is 1.96. The molecular formula is C25H38N4O4. The van der Waals surface area contributed by atoms with Crippen LogP contribution in [0.3, 0.4) is 0 Å². The number of ether oxygens (including phenoxy) is 1. The van der Waals surface area contributed by atoms with E-state index in [1.807, 2.05) is 39.0 Å². The summed E-state index contributed by atoms with van der Waals surface area (Å²) in [7, 11) is 0. The third-order valence-corrected chi connectivity index (χ3v) is 6.35. The number of hydrogen-bond donors (Lipinski definition) is 4. The van der Waals surface area contributed by atoms with E-state index < -0.39 is 12.1 Å². The van der Waals surface area contributed by atoms with Crippen LogP contribution in [0.1, 0.15) is 50.4 Å². The average Bonchev–Trinajstić information content (AvgIpc) is 2.80. The summed E-state index contributed by atoms with van der Waals surface area (Å²) in [6.45, 7) is 9.28. The topological polar surface area (TPSA) is 109 Å². The Kier molecular flexibility index (Phi) is 9.26. The molecule has 8 nitrogen and oxygen atoms in total. The van der Waals surface area contributed by atoms with Crippen molar-refractivity contribution in [3.8, 4) is 0 Å². The van der Waals surface area contributed by atoms with Gasteiger partial charge in [-0.1, -0.05) is 26.8 Å². The first-order valence-electron chi connectivity index (χ1n) is 12.1. The standard InChI is InChI=1S/C25H38N4O4/c1-16(2)11-21(25(32)29-23-17(3)14-33-15-22(23)30)28-24(31)19-5-4-6-20(12-19)27-13-18-7-9-26-10-8-18/h4-6,12,16-18,21,23,26-27H,7-11,13-15H2,1-3H3,(H,28,31)(H,29,32)/t17-,21+,23+/m1/s1. The zero-order valence-corrected chi connectivity index (χ0v) is 20.0. The van der Waals surface area contributed by atoms with E-state index in [0.29, 0.717) is 24.5 Å². The molecule has 0 unspecified atom stereocenters. The van der Waals surface area contributed by atoms with Gasteiger partial charge in [0.1, 0.15) is 12.6 Å². The van der Waals surface area contributed by atoms with Gasteiger partial charge >= 0.3 is 0 Å². The van der Waals surface area contributed by atoms with Gasteiger partial charge in [0.2, 0.25) is 5.91 Å². The molecule has 0 radical (unpaired) electrons. The Labute approximate surface area is 196 Å². The summed E-state index contributed by atoms with van der Waals surface area (Å²) < 4.78 is 5.24. The Bertz CT molecular complexity index is 822. The molecule has 0 saturated carbocycles. The van der Waals surface area contributed by atoms with Gasteiger partial charge in [-0.05, 0) is 62.4 Å². The molecule has 3 rings (SSSR count). The number of Topliss-reactive ketones (excluding diaryl/α,β-unsaturated/α-hetero) is 1. The lowest BCUT2D eigenvalue weighted by atomic mass is 9.95. The van der Waals surface area contributed by atoms with Crippen molar-refractivity contribution in [1.82, 2.24) is 16.0 Å². The second-order valence-corrected chi connectivity index (χ2v) is 9.76. The molecule has 2 heterocycles. The van der Waals surface area contributed by atoms with Crippen LogP contribution < -0.4 is 21.3 Å². The van der Waals surface area contributed by atoms with Crippen molar-refractivity contribution < 1.29 is 19.1 Å². The summed E-state index contributed by atoms with van der Waals surface area (Å²) in [5.74, 6) is -0.0467. The maximum absolute atomic E-state index is 13.0. The van der Waals surface area contributed by atoms with E-state index >= 15 is 0 Å². The fourth-order valence-corrected chi connectivity index (χ4v) is 4.39. The van der Waals surface area contributed by atoms with Crippen LogP contribution in [0.25, 0.3) is 0 Å². The number of amides is 2. The van der Waals surface area contributed by atoms with Crippen LogP contribution in [-0.4, -0.2) is 62.5 Å². The molecule has 4 N–H and O–H groups in total. The van der Waals surface area contributed by atoms with Crippen molar-refractivity contribution in [3.05, 3.63) is 29.8 Å². The van der Waals surface area contributed by atoms with Gasteiger partial charge in [-0.25, -0.2) is 0 Å². The van der Waals surface area contributed by atoms with Gasteiger partial charge in [0.15, 0.2) is 5.78 Å². The normalized spacial score (nSPS) is 22.6. The fraction of sp³-hybridized carbons (Fsp3) is 0.640. The second-order valence-electron chi connectivity index (χ2n) is 9.76. The van der Waals surface area contributed by atoms with E-state index in [2.05, 4.69) is 21.3 Å². The molecule has 3 atom stereocenters. The van der Waals surface area contributed by atoms with E-state index in [0.717, 1.165) is 38.2 Å². The van der Waals surface area contributed by atoms with Crippen LogP contribution >= 0.6 is 0 Å². The SMILES string of the molecule is CC(C)C[C@H](NC(=O)c1cccc(NCC2CCNCC2)c1)C(=O)N[C@@H]1C(=O)COC[C@H]1C. The predicted molar refractivity (Wildman–Crippen MR) is 128 cm³/mol. The molecule has 182 valence electrons. The molecule has 0 aromatic heterocycles. The minimum Gasteiger partial charge on any atom is -0.385 e. The summed E-state index contributed by atoms with van der Waals surface area (Å²) in [4.78, 5) is 38.2. The highest BCUT2D eigenvalue weighted by molar-refractivity contribution is 5.99. The molecule has 33 heavy (non-hydrogen) atoms. The third-order valence-electron chi connectivity index (χ3n) is 6.35. The van der Waals surface area contributed by atoms with Gasteiger partial charge < -0.3 is 26.0 Å². The number of nitrogens with one attached hydrogen (secondary N) is 4. The number of piperidine rings is 1. The summed E-state index contributed by atoms with van der Waals surface area (Å²) in [6.07, 6.45) is 2.78. The number of benzene rings is 1. The molecule has 8 heteroatoms. The molecule has 1 aromatic rings. The lowest BCUT2D eigenvalue weighted by Crippen LogP contribution is -2.56. The highest BCUT2D eigenvalue weighted by atomic mass is 16.5. The van der Waals surface area contributed by atoms with Crippen molar-refractivity contribution in [2.75, 3.05) is 38.2 Å². The van der Waals surface area contributed by atoms with Gasteiger partial charge in [0.25, 0.3) is 5.91 Å². The van der Waals surface area contributed by atoms with E-state index in [1.54, 1.807) is 6.07 Å². The van der Waals surface area contributed by atoms with Gasteiger partial charge in [-0.15, -0.1) is 0 Å². The Morgan fingerprint density at radius 2 is 1.97 bits per heavy atom. The van der Waals surface area contributed by atoms with Crippen LogP contribution in [0, 0.1) is 17.8 Å². The Hall–Kier alpha value is -2.45. The molecule has 0 aliphatic carbocycles. The highest BCUT2D eigenvalue weighted by Gasteiger charge is 2.33. The van der Waals surface area contributed by atoms with Crippen LogP contribution in [-0.2, 0) is 14.3 Å². The maximum atomic E-state index is 13.0. The van der Waals surface area contributed by atoms with Crippen LogP contribution in [0.4, 0.5) is 5.69 Å². The second kappa shape index (κ2) is 12.1. The van der Waals surface area contributed by atoms with E-state index in [1.165, 1.54) is 0 Å². The zero-order valence-electron chi connectivity index (χ0n) is 20.0. The van der Waals surface area contributed by atoms with Crippen molar-refractivity contribution in [2.45, 2.75) is 52.1 Å². The average molecular weight is 459 g/mol. The highest BCUT2D eigenvalue weighted by Crippen LogP contribution is 2.17. The van der Waals surface area contributed by atoms with Crippen LogP contribution in [0.15, 0.2) is 24.3 Å². The van der Waals surface area contributed by atoms with Crippen molar-refractivity contribution in [3.63, 3.8) is 0 Å². The summed E-state index contributed by atoms with van der Waals surface area (Å²) in [6, 6.07) is 6.07. The van der Waals surface area contributed by atoms with Crippen molar-refractivity contribution in [2.24, 2.45) is 17.8 Å². The molecule has 2 saturated heterocycles. The van der Waals surface area contributed by atoms with Gasteiger partial charge in [0.05, 0.1) is 12.6 Å². The van der Waals surface area contributed by atoms with Gasteiger partial charge in [-0.3, -0.25) is 14.4 Å². The lowest BCUT2D eigenvalue weighted by molar-refractivity contribution is -0.137. The number of carbonyl (C=O) groups excluding carboxylic acids is 3. The number of carbonyl (C=O) groups is 3. The van der Waals surface area contributed by atoms with E-state index in [-0.39, 0.29) is 36.0 Å². The van der Waals surface area contributed by atoms with E-state index in [9.17, 15) is 14.4 Å². The summed E-state index contributed by atoms with van der Waals surface area (Å²) >= 11 is 0. The Morgan fingerprint density at radius 1 is 1.21 bits per heavy atom. The number of ketones is 1. The van der Waals surface area contributed by atoms with Crippen molar-refractivity contribution >= 4 is 23.3 Å². The minimum absolute atomic E-state index is 0.00759. The van der Waals surface area contributed by atoms with E-state index in [4.69, 9.17) is 4.74 Å². The number of hydrogen-bond acceptors (Lipinski definition) is 6. The molecule has 2 amide bonds. The molecular weight excluding hydrogens is 420 g/mol. The quantitative estimate of drug-likeness (QED) is 0.451. The van der Waals surface area contributed by atoms with Crippen LogP contribution in [0.2, 0.25) is 0 Å². The first-order valence-corrected chi connectivity index (χ1v) is 12.1. The third kappa shape index (κ3) is 7.54. The number of rotatable bonds is 9. The fourth-order valence-electron chi connectivity index (χ4n) is 4.39. The number of anilines is 1. The smallest absolute Gasteiger partial charge is 0.252 e. The summed E-state index contributed by atoms with van der Waals surface area (Å²) in [5, 5.41) is 12.6.